The molecule has 0 aromatic heterocycles. The molecule has 20 heavy (non-hydrogen) atoms. The average Bonchev–Trinajstić information content (AvgIpc) is 2.89. The molecule has 1 aliphatic carbocycles. The number of hydrogen-bond donors (Lipinski definition) is 2. The Labute approximate surface area is 119 Å². The van der Waals surface area contributed by atoms with Crippen LogP contribution in [0.2, 0.25) is 0 Å². The van der Waals surface area contributed by atoms with Gasteiger partial charge in [-0.05, 0) is 36.5 Å². The van der Waals surface area contributed by atoms with Crippen molar-refractivity contribution in [3.05, 3.63) is 35.4 Å². The average molecular weight is 296 g/mol. The summed E-state index contributed by atoms with van der Waals surface area (Å²) in [6.07, 6.45) is 4.28. The van der Waals surface area contributed by atoms with Gasteiger partial charge in [0.1, 0.15) is 0 Å². The molecular weight excluding hydrogens is 276 g/mol. The van der Waals surface area contributed by atoms with Gasteiger partial charge in [-0.2, -0.15) is 0 Å². The normalized spacial score (nSPS) is 16.4. The van der Waals surface area contributed by atoms with E-state index in [1.807, 2.05) is 0 Å². The highest BCUT2D eigenvalue weighted by Gasteiger charge is 2.22. The molecular formula is C14H20N2O3S. The number of nitrogens with one attached hydrogen (secondary N) is 1. The van der Waals surface area contributed by atoms with Gasteiger partial charge in [0.25, 0.3) is 0 Å². The standard InChI is InChI=1S/C14H20N2O3S/c15-14(17)13-7-5-11(6-8-13)9-16-20(18,19)10-12-3-1-2-4-12/h5-8,12,16H,1-4,9-10H2,(H2,15,17). The molecule has 1 saturated carbocycles. The molecule has 5 nitrogen and oxygen atoms in total. The van der Waals surface area contributed by atoms with E-state index in [0.717, 1.165) is 31.2 Å². The Kier molecular flexibility index (Phi) is 4.77. The Hall–Kier alpha value is -1.40. The van der Waals surface area contributed by atoms with Gasteiger partial charge in [-0.1, -0.05) is 25.0 Å². The summed E-state index contributed by atoms with van der Waals surface area (Å²) in [7, 11) is -3.23. The van der Waals surface area contributed by atoms with Gasteiger partial charge in [0, 0.05) is 12.1 Å². The van der Waals surface area contributed by atoms with Crippen molar-refractivity contribution in [2.75, 3.05) is 5.75 Å². The maximum Gasteiger partial charge on any atom is 0.248 e. The molecule has 3 N–H and O–H groups in total. The summed E-state index contributed by atoms with van der Waals surface area (Å²) in [5.41, 5.74) is 6.38. The zero-order valence-corrected chi connectivity index (χ0v) is 12.2. The molecule has 1 aromatic rings. The number of primary amides is 1. The van der Waals surface area contributed by atoms with Crippen LogP contribution in [0.1, 0.15) is 41.6 Å². The summed E-state index contributed by atoms with van der Waals surface area (Å²) in [5, 5.41) is 0. The highest BCUT2D eigenvalue weighted by Crippen LogP contribution is 2.25. The van der Waals surface area contributed by atoms with Crippen molar-refractivity contribution in [1.82, 2.24) is 4.72 Å². The largest absolute Gasteiger partial charge is 0.366 e. The summed E-state index contributed by atoms with van der Waals surface area (Å²) in [4.78, 5) is 10.9. The van der Waals surface area contributed by atoms with E-state index in [1.165, 1.54) is 0 Å². The van der Waals surface area contributed by atoms with Crippen LogP contribution >= 0.6 is 0 Å². The minimum atomic E-state index is -3.23. The van der Waals surface area contributed by atoms with Crippen molar-refractivity contribution >= 4 is 15.9 Å². The zero-order valence-electron chi connectivity index (χ0n) is 11.3. The van der Waals surface area contributed by atoms with Crippen LogP contribution in [0.4, 0.5) is 0 Å². The summed E-state index contributed by atoms with van der Waals surface area (Å²) < 4.78 is 26.5. The number of amides is 1. The van der Waals surface area contributed by atoms with Gasteiger partial charge in [-0.15, -0.1) is 0 Å². The monoisotopic (exact) mass is 296 g/mol. The number of hydrogen-bond acceptors (Lipinski definition) is 3. The van der Waals surface area contributed by atoms with Gasteiger partial charge in [0.05, 0.1) is 5.75 Å². The first-order valence-corrected chi connectivity index (χ1v) is 8.47. The lowest BCUT2D eigenvalue weighted by Gasteiger charge is -2.11. The third kappa shape index (κ3) is 4.31. The number of sulfonamides is 1. The highest BCUT2D eigenvalue weighted by molar-refractivity contribution is 7.89. The predicted molar refractivity (Wildman–Crippen MR) is 77.5 cm³/mol. The Morgan fingerprint density at radius 2 is 1.80 bits per heavy atom. The number of carbonyl (C=O) groups excluding carboxylic acids is 1. The van der Waals surface area contributed by atoms with Crippen LogP contribution < -0.4 is 10.5 Å². The third-order valence-electron chi connectivity index (χ3n) is 3.66. The molecule has 1 fully saturated rings. The lowest BCUT2D eigenvalue weighted by atomic mass is 10.1. The molecule has 2 rings (SSSR count). The highest BCUT2D eigenvalue weighted by atomic mass is 32.2. The van der Waals surface area contributed by atoms with Gasteiger partial charge in [-0.25, -0.2) is 13.1 Å². The fourth-order valence-corrected chi connectivity index (χ4v) is 3.98. The van der Waals surface area contributed by atoms with E-state index in [4.69, 9.17) is 5.73 Å². The van der Waals surface area contributed by atoms with E-state index >= 15 is 0 Å². The molecule has 0 bridgehead atoms. The van der Waals surface area contributed by atoms with Gasteiger partial charge in [0.2, 0.25) is 15.9 Å². The molecule has 1 amide bonds. The molecule has 0 spiro atoms. The first-order valence-electron chi connectivity index (χ1n) is 6.82. The molecule has 1 aliphatic rings. The molecule has 0 radical (unpaired) electrons. The topological polar surface area (TPSA) is 89.3 Å². The van der Waals surface area contributed by atoms with E-state index in [-0.39, 0.29) is 12.3 Å². The fourth-order valence-electron chi connectivity index (χ4n) is 2.53. The van der Waals surface area contributed by atoms with Crippen molar-refractivity contribution in [2.45, 2.75) is 32.2 Å². The smallest absolute Gasteiger partial charge is 0.248 e. The van der Waals surface area contributed by atoms with Gasteiger partial charge in [-0.3, -0.25) is 4.79 Å². The van der Waals surface area contributed by atoms with Crippen molar-refractivity contribution < 1.29 is 13.2 Å². The van der Waals surface area contributed by atoms with Crippen LogP contribution in [0.25, 0.3) is 0 Å². The van der Waals surface area contributed by atoms with E-state index in [1.54, 1.807) is 24.3 Å². The van der Waals surface area contributed by atoms with E-state index in [9.17, 15) is 13.2 Å². The van der Waals surface area contributed by atoms with E-state index < -0.39 is 15.9 Å². The second-order valence-corrected chi connectivity index (χ2v) is 7.17. The van der Waals surface area contributed by atoms with Gasteiger partial charge >= 0.3 is 0 Å². The quantitative estimate of drug-likeness (QED) is 0.831. The lowest BCUT2D eigenvalue weighted by Crippen LogP contribution is -2.28. The molecule has 0 unspecified atom stereocenters. The Morgan fingerprint density at radius 1 is 1.20 bits per heavy atom. The zero-order chi connectivity index (χ0) is 14.6. The van der Waals surface area contributed by atoms with Crippen molar-refractivity contribution in [3.63, 3.8) is 0 Å². The van der Waals surface area contributed by atoms with Crippen molar-refractivity contribution in [1.29, 1.82) is 0 Å². The SMILES string of the molecule is NC(=O)c1ccc(CNS(=O)(=O)CC2CCCC2)cc1. The van der Waals surface area contributed by atoms with Crippen LogP contribution in [0.3, 0.4) is 0 Å². The van der Waals surface area contributed by atoms with Crippen molar-refractivity contribution in [2.24, 2.45) is 11.7 Å². The lowest BCUT2D eigenvalue weighted by molar-refractivity contribution is 0.100. The summed E-state index contributed by atoms with van der Waals surface area (Å²) in [6.45, 7) is 0.244. The number of carbonyl (C=O) groups is 1. The Morgan fingerprint density at radius 3 is 2.35 bits per heavy atom. The fraction of sp³-hybridized carbons (Fsp3) is 0.500. The van der Waals surface area contributed by atoms with Crippen LogP contribution in [-0.2, 0) is 16.6 Å². The molecule has 110 valence electrons. The summed E-state index contributed by atoms with van der Waals surface area (Å²) in [6, 6.07) is 6.61. The number of nitrogens with two attached hydrogens (primary N) is 1. The van der Waals surface area contributed by atoms with Gasteiger partial charge in [0.15, 0.2) is 0 Å². The molecule has 0 saturated heterocycles. The maximum atomic E-state index is 11.9. The second kappa shape index (κ2) is 6.37. The minimum Gasteiger partial charge on any atom is -0.366 e. The summed E-state index contributed by atoms with van der Waals surface area (Å²) >= 11 is 0. The molecule has 0 heterocycles. The van der Waals surface area contributed by atoms with Gasteiger partial charge < -0.3 is 5.73 Å². The number of rotatable bonds is 6. The van der Waals surface area contributed by atoms with Crippen LogP contribution in [0.15, 0.2) is 24.3 Å². The van der Waals surface area contributed by atoms with Crippen LogP contribution in [-0.4, -0.2) is 20.1 Å². The molecule has 1 aromatic carbocycles. The predicted octanol–water partition coefficient (Wildman–Crippen LogP) is 1.40. The third-order valence-corrected chi connectivity index (χ3v) is 5.16. The number of benzene rings is 1. The molecule has 6 heteroatoms. The van der Waals surface area contributed by atoms with E-state index in [0.29, 0.717) is 11.5 Å². The first-order chi connectivity index (χ1) is 9.46. The Balaban J connectivity index is 1.88. The van der Waals surface area contributed by atoms with E-state index in [2.05, 4.69) is 4.72 Å². The van der Waals surface area contributed by atoms with Crippen LogP contribution in [0, 0.1) is 5.92 Å². The summed E-state index contributed by atoms with van der Waals surface area (Å²) in [5.74, 6) is 0.0231. The van der Waals surface area contributed by atoms with Crippen LogP contribution in [0.5, 0.6) is 0 Å². The first kappa shape index (κ1) is 15.0. The maximum absolute atomic E-state index is 11.9. The van der Waals surface area contributed by atoms with Crippen molar-refractivity contribution in [3.8, 4) is 0 Å². The Bertz CT molecular complexity index is 561. The minimum absolute atomic E-state index is 0.215. The second-order valence-electron chi connectivity index (χ2n) is 5.31. The molecule has 0 aliphatic heterocycles. The molecule has 0 atom stereocenters.